The average molecular weight is 359 g/mol. The first kappa shape index (κ1) is 20.6. The molecule has 0 bridgehead atoms. The Morgan fingerprint density at radius 3 is 2.59 bits per heavy atom. The normalized spacial score (nSPS) is 14.2. The second-order valence-electron chi connectivity index (χ2n) is 7.11. The molecule has 2 heteroatoms. The van der Waals surface area contributed by atoms with Gasteiger partial charge in [0.1, 0.15) is 0 Å². The van der Waals surface area contributed by atoms with Crippen LogP contribution in [0, 0.1) is 0 Å². The third-order valence-electron chi connectivity index (χ3n) is 4.56. The van der Waals surface area contributed by atoms with Gasteiger partial charge >= 0.3 is 0 Å². The summed E-state index contributed by atoms with van der Waals surface area (Å²) >= 11 is 0. The molecule has 27 heavy (non-hydrogen) atoms. The molecule has 1 aliphatic rings. The van der Waals surface area contributed by atoms with Gasteiger partial charge in [-0.15, -0.1) is 0 Å². The molecule has 2 heterocycles. The summed E-state index contributed by atoms with van der Waals surface area (Å²) in [6, 6.07) is 8.48. The van der Waals surface area contributed by atoms with E-state index >= 15 is 0 Å². The highest BCUT2D eigenvalue weighted by molar-refractivity contribution is 6.03. The van der Waals surface area contributed by atoms with Crippen LogP contribution in [-0.4, -0.2) is 10.7 Å². The van der Waals surface area contributed by atoms with Gasteiger partial charge in [-0.2, -0.15) is 0 Å². The summed E-state index contributed by atoms with van der Waals surface area (Å²) in [6.07, 6.45) is 12.9. The minimum Gasteiger partial charge on any atom is -0.264 e. The molecule has 0 spiro atoms. The van der Waals surface area contributed by atoms with Crippen LogP contribution in [0.5, 0.6) is 0 Å². The largest absolute Gasteiger partial charge is 0.264 e. The first-order valence-electron chi connectivity index (χ1n) is 9.49. The zero-order chi connectivity index (χ0) is 19.8. The molecule has 0 saturated carbocycles. The number of nitrogens with zero attached hydrogens (tertiary/aromatic N) is 2. The fourth-order valence-electron chi connectivity index (χ4n) is 2.98. The van der Waals surface area contributed by atoms with Crippen molar-refractivity contribution in [1.29, 1.82) is 0 Å². The van der Waals surface area contributed by atoms with Gasteiger partial charge in [-0.1, -0.05) is 62.9 Å². The standard InChI is InChI=1S/C13H17N.C12H13N/c1-5-6-7-8-12-9-13(10(2)3)14-11(12)4;1-9(2)11-5-3-4-10-8-13-7-6-12(10)11/h5-8H,2,9H2,1,3-4H3;3-9H,1-2H3/b6-5-,8-7-;. The smallest absolute Gasteiger partial charge is 0.0474 e. The Hall–Kier alpha value is -2.74. The second kappa shape index (κ2) is 9.82. The number of pyridine rings is 1. The van der Waals surface area contributed by atoms with Crippen molar-refractivity contribution >= 4 is 16.5 Å². The van der Waals surface area contributed by atoms with Crippen molar-refractivity contribution in [2.45, 2.75) is 47.0 Å². The maximum atomic E-state index is 4.47. The fourth-order valence-corrected chi connectivity index (χ4v) is 2.98. The van der Waals surface area contributed by atoms with E-state index in [1.165, 1.54) is 21.9 Å². The highest BCUT2D eigenvalue weighted by Crippen LogP contribution is 2.24. The fraction of sp³-hybridized carbons (Fsp3) is 0.280. The summed E-state index contributed by atoms with van der Waals surface area (Å²) in [7, 11) is 0. The lowest BCUT2D eigenvalue weighted by atomic mass is 9.97. The third-order valence-corrected chi connectivity index (χ3v) is 4.56. The maximum Gasteiger partial charge on any atom is 0.0474 e. The Bertz CT molecular complexity index is 919. The van der Waals surface area contributed by atoms with Crippen molar-refractivity contribution in [3.05, 3.63) is 89.9 Å². The predicted molar refractivity (Wildman–Crippen MR) is 119 cm³/mol. The van der Waals surface area contributed by atoms with E-state index in [0.29, 0.717) is 5.92 Å². The molecule has 0 amide bonds. The average Bonchev–Trinajstić information content (AvgIpc) is 3.03. The van der Waals surface area contributed by atoms with E-state index in [1.807, 2.05) is 45.3 Å². The lowest BCUT2D eigenvalue weighted by Crippen LogP contribution is -1.94. The summed E-state index contributed by atoms with van der Waals surface area (Å²) < 4.78 is 0. The molecule has 0 fully saturated rings. The van der Waals surface area contributed by atoms with Crippen LogP contribution >= 0.6 is 0 Å². The predicted octanol–water partition coefficient (Wildman–Crippen LogP) is 7.17. The van der Waals surface area contributed by atoms with Crippen LogP contribution in [0.2, 0.25) is 0 Å². The number of aromatic nitrogens is 1. The molecule has 1 aromatic heterocycles. The summed E-state index contributed by atoms with van der Waals surface area (Å²) in [5.41, 5.74) is 5.99. The SMILES string of the molecule is C=C(C)C1=NC(C)=C(/C=C\C=C/C)C1.CC(C)c1cccc2cnccc12. The Balaban J connectivity index is 0.000000194. The Kier molecular flexibility index (Phi) is 7.48. The summed E-state index contributed by atoms with van der Waals surface area (Å²) in [4.78, 5) is 8.58. The molecular formula is C25H30N2. The Morgan fingerprint density at radius 1 is 1.19 bits per heavy atom. The van der Waals surface area contributed by atoms with E-state index in [2.05, 4.69) is 66.8 Å². The minimum atomic E-state index is 0.575. The van der Waals surface area contributed by atoms with Crippen LogP contribution < -0.4 is 0 Å². The van der Waals surface area contributed by atoms with Crippen molar-refractivity contribution in [3.8, 4) is 0 Å². The number of allylic oxidation sites excluding steroid dienone is 7. The Morgan fingerprint density at radius 2 is 1.96 bits per heavy atom. The van der Waals surface area contributed by atoms with E-state index in [9.17, 15) is 0 Å². The van der Waals surface area contributed by atoms with Crippen molar-refractivity contribution in [2.24, 2.45) is 4.99 Å². The van der Waals surface area contributed by atoms with E-state index in [1.54, 1.807) is 0 Å². The van der Waals surface area contributed by atoms with Crippen molar-refractivity contribution in [3.63, 3.8) is 0 Å². The molecule has 0 aliphatic carbocycles. The van der Waals surface area contributed by atoms with Crippen molar-refractivity contribution in [1.82, 2.24) is 4.98 Å². The van der Waals surface area contributed by atoms with Crippen LogP contribution in [0.3, 0.4) is 0 Å². The van der Waals surface area contributed by atoms with Gasteiger partial charge in [0.2, 0.25) is 0 Å². The lowest BCUT2D eigenvalue weighted by Gasteiger charge is -2.08. The topological polar surface area (TPSA) is 25.2 Å². The van der Waals surface area contributed by atoms with Gasteiger partial charge in [-0.3, -0.25) is 9.98 Å². The monoisotopic (exact) mass is 358 g/mol. The Labute approximate surface area is 163 Å². The molecule has 0 N–H and O–H groups in total. The third kappa shape index (κ3) is 5.62. The number of hydrogen-bond acceptors (Lipinski definition) is 2. The molecule has 140 valence electrons. The van der Waals surface area contributed by atoms with Crippen LogP contribution in [0.1, 0.15) is 52.5 Å². The molecule has 0 saturated heterocycles. The highest BCUT2D eigenvalue weighted by atomic mass is 14.8. The highest BCUT2D eigenvalue weighted by Gasteiger charge is 2.12. The van der Waals surface area contributed by atoms with E-state index in [4.69, 9.17) is 0 Å². The number of aliphatic imine (C=N–C) groups is 1. The summed E-state index contributed by atoms with van der Waals surface area (Å²) in [5, 5.41) is 2.56. The summed E-state index contributed by atoms with van der Waals surface area (Å²) in [6.45, 7) is 14.4. The first-order chi connectivity index (χ1) is 12.9. The second-order valence-corrected chi connectivity index (χ2v) is 7.11. The molecule has 0 radical (unpaired) electrons. The van der Waals surface area contributed by atoms with Crippen LogP contribution in [-0.2, 0) is 0 Å². The number of benzene rings is 1. The van der Waals surface area contributed by atoms with E-state index in [0.717, 1.165) is 23.4 Å². The molecule has 3 rings (SSSR count). The van der Waals surface area contributed by atoms with Crippen LogP contribution in [0.15, 0.2) is 89.4 Å². The molecule has 2 aromatic rings. The molecule has 0 unspecified atom stereocenters. The first-order valence-corrected chi connectivity index (χ1v) is 9.49. The minimum absolute atomic E-state index is 0.575. The van der Waals surface area contributed by atoms with Gasteiger partial charge in [0, 0.05) is 35.6 Å². The maximum absolute atomic E-state index is 4.47. The lowest BCUT2D eigenvalue weighted by molar-refractivity contribution is 0.876. The molecule has 1 aliphatic heterocycles. The molecule has 0 atom stereocenters. The van der Waals surface area contributed by atoms with Crippen molar-refractivity contribution < 1.29 is 0 Å². The summed E-state index contributed by atoms with van der Waals surface area (Å²) in [5.74, 6) is 0.575. The molecular weight excluding hydrogens is 328 g/mol. The molecule has 2 nitrogen and oxygen atoms in total. The number of fused-ring (bicyclic) bond motifs is 1. The molecule has 1 aromatic carbocycles. The number of hydrogen-bond donors (Lipinski definition) is 0. The zero-order valence-corrected chi connectivity index (χ0v) is 17.2. The van der Waals surface area contributed by atoms with Crippen LogP contribution in [0.25, 0.3) is 10.8 Å². The van der Waals surface area contributed by atoms with Gasteiger partial charge in [0.15, 0.2) is 0 Å². The van der Waals surface area contributed by atoms with Gasteiger partial charge in [0.25, 0.3) is 0 Å². The quantitative estimate of drug-likeness (QED) is 0.532. The van der Waals surface area contributed by atoms with Gasteiger partial charge in [0.05, 0.1) is 0 Å². The van der Waals surface area contributed by atoms with Gasteiger partial charge in [-0.25, -0.2) is 0 Å². The van der Waals surface area contributed by atoms with E-state index in [-0.39, 0.29) is 0 Å². The zero-order valence-electron chi connectivity index (χ0n) is 17.2. The van der Waals surface area contributed by atoms with E-state index < -0.39 is 0 Å². The van der Waals surface area contributed by atoms with Gasteiger partial charge in [-0.05, 0) is 54.9 Å². The van der Waals surface area contributed by atoms with Crippen molar-refractivity contribution in [2.75, 3.05) is 0 Å². The van der Waals surface area contributed by atoms with Gasteiger partial charge < -0.3 is 0 Å². The number of rotatable bonds is 4. The van der Waals surface area contributed by atoms with Crippen LogP contribution in [0.4, 0.5) is 0 Å².